The Morgan fingerprint density at radius 2 is 2.18 bits per heavy atom. The maximum absolute atomic E-state index is 13.2. The second kappa shape index (κ2) is 4.33. The lowest BCUT2D eigenvalue weighted by atomic mass is 10.1. The second-order valence-corrected chi connectivity index (χ2v) is 4.45. The summed E-state index contributed by atoms with van der Waals surface area (Å²) in [4.78, 5) is 22.1. The Kier molecular flexibility index (Phi) is 3.01. The number of fused-ring (bicyclic) bond motifs is 1. The highest BCUT2D eigenvalue weighted by Gasteiger charge is 2.28. The van der Waals surface area contributed by atoms with Gasteiger partial charge in [-0.1, -0.05) is 0 Å². The van der Waals surface area contributed by atoms with E-state index in [1.807, 2.05) is 0 Å². The van der Waals surface area contributed by atoms with Crippen molar-refractivity contribution in [2.75, 3.05) is 10.6 Å². The van der Waals surface area contributed by atoms with Crippen molar-refractivity contribution in [2.45, 2.75) is 12.5 Å². The third-order valence-electron chi connectivity index (χ3n) is 2.34. The molecule has 0 aromatic heterocycles. The predicted octanol–water partition coefficient (Wildman–Crippen LogP) is 1.80. The van der Waals surface area contributed by atoms with Crippen LogP contribution in [0.4, 0.5) is 15.8 Å². The van der Waals surface area contributed by atoms with Gasteiger partial charge in [0.05, 0.1) is 22.3 Å². The van der Waals surface area contributed by atoms with Gasteiger partial charge in [-0.3, -0.25) is 9.59 Å². The summed E-state index contributed by atoms with van der Waals surface area (Å²) < 4.78 is 13.5. The average Bonchev–Trinajstić information content (AvgIpc) is 2.22. The number of rotatable bonds is 2. The number of carboxylic acid groups (broad SMARTS) is 1. The molecule has 5 nitrogen and oxygen atoms in total. The normalized spacial score (nSPS) is 18.0. The zero-order valence-electron chi connectivity index (χ0n) is 8.46. The van der Waals surface area contributed by atoms with Gasteiger partial charge in [-0.2, -0.15) is 0 Å². The molecule has 0 radical (unpaired) electrons. The number of benzene rings is 1. The van der Waals surface area contributed by atoms with Crippen LogP contribution in [0.3, 0.4) is 0 Å². The lowest BCUT2D eigenvalue weighted by molar-refractivity contribution is -0.138. The molecule has 1 aliphatic rings. The molecular formula is C10H8BrFN2O3. The molecule has 3 N–H and O–H groups in total. The largest absolute Gasteiger partial charge is 0.481 e. The minimum atomic E-state index is -1.08. The van der Waals surface area contributed by atoms with Gasteiger partial charge in [0.15, 0.2) is 0 Å². The number of anilines is 2. The number of amides is 1. The van der Waals surface area contributed by atoms with Crippen molar-refractivity contribution >= 4 is 39.2 Å². The van der Waals surface area contributed by atoms with E-state index in [1.165, 1.54) is 12.1 Å². The SMILES string of the molecule is O=C(O)CC1Nc2cc(Br)c(F)cc2NC1=O. The van der Waals surface area contributed by atoms with Crippen LogP contribution >= 0.6 is 15.9 Å². The Hall–Kier alpha value is -1.63. The van der Waals surface area contributed by atoms with E-state index in [0.717, 1.165) is 0 Å². The zero-order valence-corrected chi connectivity index (χ0v) is 10.0. The highest BCUT2D eigenvalue weighted by Crippen LogP contribution is 2.32. The topological polar surface area (TPSA) is 78.4 Å². The van der Waals surface area contributed by atoms with E-state index >= 15 is 0 Å². The number of aliphatic carboxylic acids is 1. The quantitative estimate of drug-likeness (QED) is 0.778. The fourth-order valence-corrected chi connectivity index (χ4v) is 1.90. The molecule has 0 fully saturated rings. The highest BCUT2D eigenvalue weighted by molar-refractivity contribution is 9.10. The fourth-order valence-electron chi connectivity index (χ4n) is 1.56. The van der Waals surface area contributed by atoms with Crippen molar-refractivity contribution in [1.82, 2.24) is 0 Å². The molecular weight excluding hydrogens is 295 g/mol. The average molecular weight is 303 g/mol. The Morgan fingerprint density at radius 3 is 2.82 bits per heavy atom. The van der Waals surface area contributed by atoms with Gasteiger partial charge in [0.25, 0.3) is 0 Å². The van der Waals surface area contributed by atoms with Crippen LogP contribution in [0.25, 0.3) is 0 Å². The highest BCUT2D eigenvalue weighted by atomic mass is 79.9. The summed E-state index contributed by atoms with van der Waals surface area (Å²) >= 11 is 3.02. The molecule has 0 saturated carbocycles. The molecule has 0 bridgehead atoms. The lowest BCUT2D eigenvalue weighted by Crippen LogP contribution is -2.40. The monoisotopic (exact) mass is 302 g/mol. The molecule has 1 atom stereocenters. The van der Waals surface area contributed by atoms with E-state index in [0.29, 0.717) is 11.4 Å². The summed E-state index contributed by atoms with van der Waals surface area (Å²) in [5.41, 5.74) is 0.793. The first kappa shape index (κ1) is 11.8. The summed E-state index contributed by atoms with van der Waals surface area (Å²) in [7, 11) is 0. The molecule has 7 heteroatoms. The van der Waals surface area contributed by atoms with Crippen LogP contribution in [0.1, 0.15) is 6.42 Å². The number of hydrogen-bond acceptors (Lipinski definition) is 3. The van der Waals surface area contributed by atoms with E-state index < -0.39 is 23.7 Å². The molecule has 0 aliphatic carbocycles. The Morgan fingerprint density at radius 1 is 1.47 bits per heavy atom. The third kappa shape index (κ3) is 2.38. The van der Waals surface area contributed by atoms with E-state index in [-0.39, 0.29) is 10.9 Å². The van der Waals surface area contributed by atoms with E-state index in [9.17, 15) is 14.0 Å². The van der Waals surface area contributed by atoms with Gasteiger partial charge in [0.1, 0.15) is 11.9 Å². The van der Waals surface area contributed by atoms with E-state index in [2.05, 4.69) is 26.6 Å². The van der Waals surface area contributed by atoms with Gasteiger partial charge >= 0.3 is 5.97 Å². The minimum Gasteiger partial charge on any atom is -0.481 e. The van der Waals surface area contributed by atoms with Crippen LogP contribution in [-0.4, -0.2) is 23.0 Å². The molecule has 1 aromatic carbocycles. The lowest BCUT2D eigenvalue weighted by Gasteiger charge is -2.26. The standard InChI is InChI=1S/C10H8BrFN2O3/c11-4-1-6-7(2-5(4)12)14-10(17)8(13-6)3-9(15)16/h1-2,8,13H,3H2,(H,14,17)(H,15,16). The second-order valence-electron chi connectivity index (χ2n) is 3.60. The smallest absolute Gasteiger partial charge is 0.305 e. The third-order valence-corrected chi connectivity index (χ3v) is 2.95. The van der Waals surface area contributed by atoms with Crippen molar-refractivity contribution < 1.29 is 19.1 Å². The van der Waals surface area contributed by atoms with E-state index in [4.69, 9.17) is 5.11 Å². The van der Waals surface area contributed by atoms with Gasteiger partial charge in [-0.05, 0) is 22.0 Å². The van der Waals surface area contributed by atoms with Crippen LogP contribution in [0.2, 0.25) is 0 Å². The summed E-state index contributed by atoms with van der Waals surface area (Å²) in [6, 6.07) is 1.78. The molecule has 0 spiro atoms. The van der Waals surface area contributed by atoms with Gasteiger partial charge in [-0.15, -0.1) is 0 Å². The van der Waals surface area contributed by atoms with Crippen LogP contribution in [-0.2, 0) is 9.59 Å². The van der Waals surface area contributed by atoms with Crippen molar-refractivity contribution in [3.8, 4) is 0 Å². The first-order chi connectivity index (χ1) is 7.97. The number of nitrogens with one attached hydrogen (secondary N) is 2. The maximum Gasteiger partial charge on any atom is 0.305 e. The molecule has 1 amide bonds. The van der Waals surface area contributed by atoms with Crippen LogP contribution < -0.4 is 10.6 Å². The molecule has 1 aromatic rings. The summed E-state index contributed by atoms with van der Waals surface area (Å²) in [6.07, 6.45) is -0.333. The van der Waals surface area contributed by atoms with Gasteiger partial charge in [0.2, 0.25) is 5.91 Å². The van der Waals surface area contributed by atoms with Crippen molar-refractivity contribution in [3.63, 3.8) is 0 Å². The molecule has 1 aliphatic heterocycles. The van der Waals surface area contributed by atoms with Crippen LogP contribution in [0.5, 0.6) is 0 Å². The number of carboxylic acids is 1. The van der Waals surface area contributed by atoms with E-state index in [1.54, 1.807) is 0 Å². The fraction of sp³-hybridized carbons (Fsp3) is 0.200. The zero-order chi connectivity index (χ0) is 12.6. The number of halogens is 2. The van der Waals surface area contributed by atoms with Crippen molar-refractivity contribution in [2.24, 2.45) is 0 Å². The van der Waals surface area contributed by atoms with Gasteiger partial charge in [0, 0.05) is 6.07 Å². The molecule has 0 saturated heterocycles. The maximum atomic E-state index is 13.2. The summed E-state index contributed by atoms with van der Waals surface area (Å²) in [5, 5.41) is 13.9. The first-order valence-electron chi connectivity index (χ1n) is 4.75. The summed E-state index contributed by atoms with van der Waals surface area (Å²) in [5.74, 6) is -2.06. The minimum absolute atomic E-state index is 0.244. The van der Waals surface area contributed by atoms with Crippen LogP contribution in [0.15, 0.2) is 16.6 Å². The number of carbonyl (C=O) groups is 2. The molecule has 90 valence electrons. The molecule has 1 heterocycles. The van der Waals surface area contributed by atoms with Crippen molar-refractivity contribution in [1.29, 1.82) is 0 Å². The Bertz CT molecular complexity index is 507. The van der Waals surface area contributed by atoms with Gasteiger partial charge < -0.3 is 15.7 Å². The summed E-state index contributed by atoms with van der Waals surface area (Å²) in [6.45, 7) is 0. The molecule has 17 heavy (non-hydrogen) atoms. The van der Waals surface area contributed by atoms with Gasteiger partial charge in [-0.25, -0.2) is 4.39 Å². The number of carbonyl (C=O) groups excluding carboxylic acids is 1. The first-order valence-corrected chi connectivity index (χ1v) is 5.55. The Balaban J connectivity index is 2.31. The van der Waals surface area contributed by atoms with Crippen molar-refractivity contribution in [3.05, 3.63) is 22.4 Å². The number of hydrogen-bond donors (Lipinski definition) is 3. The predicted molar refractivity (Wildman–Crippen MR) is 62.4 cm³/mol. The molecule has 2 rings (SSSR count). The van der Waals surface area contributed by atoms with Crippen LogP contribution in [0, 0.1) is 5.82 Å². The Labute approximate surface area is 104 Å². The molecule has 1 unspecified atom stereocenters.